The molecule has 0 atom stereocenters. The minimum absolute atomic E-state index is 0.328. The summed E-state index contributed by atoms with van der Waals surface area (Å²) in [6, 6.07) is 12.4. The molecule has 0 radical (unpaired) electrons. The zero-order valence-corrected chi connectivity index (χ0v) is 19.6. The van der Waals surface area contributed by atoms with Gasteiger partial charge in [0, 0.05) is 38.4 Å². The van der Waals surface area contributed by atoms with Crippen molar-refractivity contribution in [2.45, 2.75) is 19.3 Å². The van der Waals surface area contributed by atoms with E-state index in [0.29, 0.717) is 32.2 Å². The predicted octanol–water partition coefficient (Wildman–Crippen LogP) is 3.81. The molecule has 1 aromatic carbocycles. The smallest absolute Gasteiger partial charge is 0.164 e. The third kappa shape index (κ3) is 4.34. The Bertz CT molecular complexity index is 1260. The van der Waals surface area contributed by atoms with Crippen LogP contribution in [0.15, 0.2) is 42.7 Å². The van der Waals surface area contributed by atoms with E-state index in [9.17, 15) is 0 Å². The molecule has 1 aliphatic heterocycles. The second kappa shape index (κ2) is 9.51. The van der Waals surface area contributed by atoms with Crippen molar-refractivity contribution in [1.29, 1.82) is 0 Å². The molecule has 0 unspecified atom stereocenters. The Morgan fingerprint density at radius 3 is 2.76 bits per heavy atom. The van der Waals surface area contributed by atoms with Crippen molar-refractivity contribution < 1.29 is 9.47 Å². The van der Waals surface area contributed by atoms with Crippen LogP contribution in [0.4, 0.5) is 5.69 Å². The van der Waals surface area contributed by atoms with E-state index >= 15 is 0 Å². The number of hydrogen-bond acceptors (Lipinski definition) is 6. The highest BCUT2D eigenvalue weighted by atomic mass is 35.5. The maximum Gasteiger partial charge on any atom is 0.164 e. The third-order valence-electron chi connectivity index (χ3n) is 5.88. The van der Waals surface area contributed by atoms with Crippen molar-refractivity contribution in [1.82, 2.24) is 24.3 Å². The lowest BCUT2D eigenvalue weighted by molar-refractivity contribution is 0.123. The molecule has 4 aromatic rings. The number of hydrogen-bond donors (Lipinski definition) is 0. The van der Waals surface area contributed by atoms with E-state index in [1.165, 1.54) is 5.56 Å². The Morgan fingerprint density at radius 2 is 2.00 bits per heavy atom. The lowest BCUT2D eigenvalue weighted by Gasteiger charge is -2.29. The Morgan fingerprint density at radius 1 is 1.15 bits per heavy atom. The van der Waals surface area contributed by atoms with Crippen LogP contribution < -0.4 is 4.90 Å². The molecule has 0 spiro atoms. The van der Waals surface area contributed by atoms with Crippen LogP contribution in [0, 0.1) is 6.92 Å². The first-order valence-corrected chi connectivity index (χ1v) is 11.6. The molecule has 1 fully saturated rings. The Kier molecular flexibility index (Phi) is 6.30. The zero-order valence-electron chi connectivity index (χ0n) is 18.9. The molecule has 1 saturated heterocycles. The van der Waals surface area contributed by atoms with E-state index in [4.69, 9.17) is 36.1 Å². The second-order valence-electron chi connectivity index (χ2n) is 8.14. The second-order valence-corrected chi connectivity index (χ2v) is 8.41. The van der Waals surface area contributed by atoms with E-state index < -0.39 is 0 Å². The maximum atomic E-state index is 6.35. The molecule has 8 nitrogen and oxygen atoms in total. The fraction of sp³-hybridized carbons (Fsp3) is 0.375. The number of morpholine rings is 1. The number of ether oxygens (including phenoxy) is 2. The summed E-state index contributed by atoms with van der Waals surface area (Å²) in [5.74, 6) is 1.05. The monoisotopic (exact) mass is 466 g/mol. The van der Waals surface area contributed by atoms with Gasteiger partial charge in [-0.05, 0) is 19.1 Å². The lowest BCUT2D eigenvalue weighted by atomic mass is 10.1. The molecule has 33 heavy (non-hydrogen) atoms. The first-order chi connectivity index (χ1) is 16.2. The van der Waals surface area contributed by atoms with Gasteiger partial charge >= 0.3 is 0 Å². The first-order valence-electron chi connectivity index (χ1n) is 11.1. The minimum Gasteiger partial charge on any atom is -0.383 e. The molecule has 0 saturated carbocycles. The number of aromatic nitrogens is 5. The number of methoxy groups -OCH3 is 1. The maximum absolute atomic E-state index is 6.35. The average Bonchev–Trinajstić information content (AvgIpc) is 3.47. The number of benzene rings is 1. The Balaban J connectivity index is 1.65. The summed E-state index contributed by atoms with van der Waals surface area (Å²) < 4.78 is 14.7. The van der Waals surface area contributed by atoms with E-state index in [0.717, 1.165) is 52.7 Å². The van der Waals surface area contributed by atoms with Crippen LogP contribution in [0.1, 0.15) is 11.3 Å². The van der Waals surface area contributed by atoms with E-state index in [1.54, 1.807) is 7.11 Å². The third-order valence-corrected chi connectivity index (χ3v) is 6.15. The van der Waals surface area contributed by atoms with Crippen LogP contribution in [0.5, 0.6) is 0 Å². The summed E-state index contributed by atoms with van der Waals surface area (Å²) in [7, 11) is 1.69. The summed E-state index contributed by atoms with van der Waals surface area (Å²) >= 11 is 6.35. The first kappa shape index (κ1) is 21.9. The summed E-state index contributed by atoms with van der Waals surface area (Å²) in [5, 5.41) is 4.90. The molecule has 0 N–H and O–H groups in total. The van der Waals surface area contributed by atoms with Crippen molar-refractivity contribution in [3.63, 3.8) is 0 Å². The SMILES string of the molecule is COCCn1cnc2c(N3CCOCC3)cc(-n3nc(-c4cccc(C)c4)cc3CCl)nc21. The van der Waals surface area contributed by atoms with E-state index in [1.807, 2.05) is 27.7 Å². The molecule has 4 heterocycles. The number of nitrogens with zero attached hydrogens (tertiary/aromatic N) is 6. The van der Waals surface area contributed by atoms with E-state index in [-0.39, 0.29) is 0 Å². The fourth-order valence-corrected chi connectivity index (χ4v) is 4.36. The predicted molar refractivity (Wildman–Crippen MR) is 129 cm³/mol. The summed E-state index contributed by atoms with van der Waals surface area (Å²) in [6.45, 7) is 6.32. The molecule has 3 aromatic heterocycles. The van der Waals surface area contributed by atoms with Crippen molar-refractivity contribution in [3.05, 3.63) is 54.0 Å². The largest absolute Gasteiger partial charge is 0.383 e. The summed E-state index contributed by atoms with van der Waals surface area (Å²) in [6.07, 6.45) is 1.83. The van der Waals surface area contributed by atoms with Crippen LogP contribution in [0.25, 0.3) is 28.2 Å². The highest BCUT2D eigenvalue weighted by Crippen LogP contribution is 2.30. The fourth-order valence-electron chi connectivity index (χ4n) is 4.17. The van der Waals surface area contributed by atoms with Crippen LogP contribution >= 0.6 is 11.6 Å². The van der Waals surface area contributed by atoms with Crippen molar-refractivity contribution in [2.75, 3.05) is 44.9 Å². The van der Waals surface area contributed by atoms with Gasteiger partial charge in [0.1, 0.15) is 5.52 Å². The van der Waals surface area contributed by atoms with Gasteiger partial charge in [0.05, 0.1) is 49.1 Å². The van der Waals surface area contributed by atoms with Gasteiger partial charge in [-0.3, -0.25) is 0 Å². The molecule has 9 heteroatoms. The number of fused-ring (bicyclic) bond motifs is 1. The molecule has 0 aliphatic carbocycles. The number of rotatable bonds is 7. The molecule has 0 bridgehead atoms. The van der Waals surface area contributed by atoms with Gasteiger partial charge in [-0.2, -0.15) is 5.10 Å². The summed E-state index contributed by atoms with van der Waals surface area (Å²) in [5.41, 5.74) is 6.70. The number of imidazole rings is 1. The Labute approximate surface area is 197 Å². The molecular weight excluding hydrogens is 440 g/mol. The summed E-state index contributed by atoms with van der Waals surface area (Å²) in [4.78, 5) is 12.0. The number of aryl methyl sites for hydroxylation is 1. The van der Waals surface area contributed by atoms with E-state index in [2.05, 4.69) is 36.1 Å². The van der Waals surface area contributed by atoms with Crippen LogP contribution in [0.3, 0.4) is 0 Å². The zero-order chi connectivity index (χ0) is 22.8. The number of halogens is 1. The molecule has 1 aliphatic rings. The van der Waals surface area contributed by atoms with Gasteiger partial charge in [-0.25, -0.2) is 14.6 Å². The van der Waals surface area contributed by atoms with Gasteiger partial charge in [0.2, 0.25) is 0 Å². The quantitative estimate of drug-likeness (QED) is 0.386. The number of anilines is 1. The van der Waals surface area contributed by atoms with Crippen LogP contribution in [-0.4, -0.2) is 64.3 Å². The molecule has 172 valence electrons. The van der Waals surface area contributed by atoms with Gasteiger partial charge < -0.3 is 18.9 Å². The highest BCUT2D eigenvalue weighted by Gasteiger charge is 2.21. The Hall–Kier alpha value is -2.94. The van der Waals surface area contributed by atoms with Crippen molar-refractivity contribution in [2.24, 2.45) is 0 Å². The normalized spacial score (nSPS) is 14.3. The van der Waals surface area contributed by atoms with Crippen molar-refractivity contribution in [3.8, 4) is 17.1 Å². The average molecular weight is 467 g/mol. The van der Waals surface area contributed by atoms with Crippen molar-refractivity contribution >= 4 is 28.5 Å². The topological polar surface area (TPSA) is 70.2 Å². The molecule has 0 amide bonds. The molecular formula is C24H27ClN6O2. The van der Waals surface area contributed by atoms with Gasteiger partial charge in [0.25, 0.3) is 0 Å². The standard InChI is InChI=1S/C24H27ClN6O2/c1-17-4-3-5-18(12-17)20-13-19(15-25)31(28-20)22-14-21(29-7-10-33-11-8-29)23-24(27-22)30(16-26-23)6-9-32-2/h3-5,12-14,16H,6-11,15H2,1-2H3. The van der Waals surface area contributed by atoms with Crippen LogP contribution in [0.2, 0.25) is 0 Å². The highest BCUT2D eigenvalue weighted by molar-refractivity contribution is 6.17. The minimum atomic E-state index is 0.328. The molecule has 5 rings (SSSR count). The lowest BCUT2D eigenvalue weighted by Crippen LogP contribution is -2.36. The number of pyridine rings is 1. The van der Waals surface area contributed by atoms with Gasteiger partial charge in [0.15, 0.2) is 11.5 Å². The van der Waals surface area contributed by atoms with Gasteiger partial charge in [-0.15, -0.1) is 11.6 Å². The van der Waals surface area contributed by atoms with Gasteiger partial charge in [-0.1, -0.05) is 23.8 Å². The van der Waals surface area contributed by atoms with Crippen LogP contribution in [-0.2, 0) is 21.9 Å². The number of alkyl halides is 1.